The van der Waals surface area contributed by atoms with Crippen molar-refractivity contribution < 1.29 is 23.2 Å². The minimum absolute atomic E-state index is 0.0201. The first kappa shape index (κ1) is 26.2. The molecule has 186 valence electrons. The molecule has 0 radical (unpaired) electrons. The van der Waals surface area contributed by atoms with Crippen LogP contribution in [-0.4, -0.2) is 14.9 Å². The average Bonchev–Trinajstić information content (AvgIpc) is 2.83. The molecule has 4 rings (SSSR count). The van der Waals surface area contributed by atoms with Gasteiger partial charge in [-0.25, -0.2) is 18.7 Å². The number of benzene rings is 2. The van der Waals surface area contributed by atoms with Gasteiger partial charge in [-0.1, -0.05) is 23.2 Å². The summed E-state index contributed by atoms with van der Waals surface area (Å²) in [4.78, 5) is 17.3. The lowest BCUT2D eigenvalue weighted by Gasteiger charge is -2.09. The number of nitrogens with two attached hydrogens (primary N) is 3. The van der Waals surface area contributed by atoms with E-state index >= 15 is 0 Å². The molecule has 0 aliphatic carbocycles. The normalized spacial score (nSPS) is 10.2. The number of hydrogen-bond acceptors (Lipinski definition) is 9. The molecule has 2 aromatic heterocycles. The molecule has 0 atom stereocenters. The number of nitro benzene ring substituents is 1. The van der Waals surface area contributed by atoms with Crippen molar-refractivity contribution in [3.63, 3.8) is 0 Å². The van der Waals surface area contributed by atoms with Gasteiger partial charge in [-0.15, -0.1) is 0 Å². The second kappa shape index (κ2) is 11.3. The van der Waals surface area contributed by atoms with E-state index in [9.17, 15) is 18.9 Å². The number of pyridine rings is 2. The Morgan fingerprint density at radius 2 is 1.22 bits per heavy atom. The highest BCUT2D eigenvalue weighted by Crippen LogP contribution is 2.35. The van der Waals surface area contributed by atoms with Crippen LogP contribution in [0.3, 0.4) is 0 Å². The molecular formula is C22H16Cl2F2N6O4. The summed E-state index contributed by atoms with van der Waals surface area (Å²) < 4.78 is 37.6. The van der Waals surface area contributed by atoms with E-state index in [1.807, 2.05) is 0 Å². The minimum atomic E-state index is -0.874. The van der Waals surface area contributed by atoms with Crippen LogP contribution in [0.25, 0.3) is 0 Å². The summed E-state index contributed by atoms with van der Waals surface area (Å²) >= 11 is 11.7. The van der Waals surface area contributed by atoms with Crippen LogP contribution in [0.5, 0.6) is 23.0 Å². The molecule has 0 unspecified atom stereocenters. The van der Waals surface area contributed by atoms with Gasteiger partial charge in [0.15, 0.2) is 34.6 Å². The Bertz CT molecular complexity index is 1430. The van der Waals surface area contributed by atoms with Crippen molar-refractivity contribution in [3.8, 4) is 23.0 Å². The molecule has 0 saturated carbocycles. The summed E-state index contributed by atoms with van der Waals surface area (Å²) in [6.45, 7) is 0. The van der Waals surface area contributed by atoms with E-state index in [-0.39, 0.29) is 50.4 Å². The average molecular weight is 537 g/mol. The van der Waals surface area contributed by atoms with E-state index in [2.05, 4.69) is 9.97 Å². The fraction of sp³-hybridized carbons (Fsp3) is 0. The molecule has 4 aromatic rings. The molecule has 10 nitrogen and oxygen atoms in total. The van der Waals surface area contributed by atoms with E-state index in [1.165, 1.54) is 36.7 Å². The summed E-state index contributed by atoms with van der Waals surface area (Å²) in [5, 5.41) is 10.7. The SMILES string of the molecule is Nc1ccc(Oc2ccnc(N)c2Cl)c(F)c1.Nc1nccc(Oc2ccc([N+](=O)[O-])cc2F)c1Cl. The second-order valence-electron chi connectivity index (χ2n) is 6.78. The van der Waals surface area contributed by atoms with Crippen molar-refractivity contribution in [2.45, 2.75) is 0 Å². The third kappa shape index (κ3) is 6.37. The standard InChI is InChI=1S/C11H7ClFN3O3.C11H9ClFN3O/c12-10-9(3-4-15-11(10)14)19-8-2-1-6(16(17)18)5-7(8)13;12-10-9(3-4-16-11(10)15)17-8-2-1-6(14)5-7(8)13/h1-5H,(H2,14,15);1-5H,14H2,(H2,15,16). The van der Waals surface area contributed by atoms with Crippen LogP contribution < -0.4 is 26.7 Å². The number of nitrogens with zero attached hydrogens (tertiary/aromatic N) is 3. The molecule has 2 aromatic carbocycles. The molecule has 2 heterocycles. The van der Waals surface area contributed by atoms with Crippen molar-refractivity contribution in [2.24, 2.45) is 0 Å². The number of ether oxygens (including phenoxy) is 2. The Balaban J connectivity index is 0.000000202. The lowest BCUT2D eigenvalue weighted by molar-refractivity contribution is -0.385. The molecule has 0 fully saturated rings. The molecule has 0 aliphatic heterocycles. The second-order valence-corrected chi connectivity index (χ2v) is 7.54. The van der Waals surface area contributed by atoms with Gasteiger partial charge in [0.25, 0.3) is 5.69 Å². The third-order valence-corrected chi connectivity index (χ3v) is 5.04. The first-order valence-electron chi connectivity index (χ1n) is 9.71. The van der Waals surface area contributed by atoms with Crippen LogP contribution >= 0.6 is 23.2 Å². The predicted octanol–water partition coefficient (Wildman–Crippen LogP) is 5.99. The van der Waals surface area contributed by atoms with E-state index < -0.39 is 16.6 Å². The van der Waals surface area contributed by atoms with Crippen LogP contribution in [0.4, 0.5) is 31.8 Å². The summed E-state index contributed by atoms with van der Waals surface area (Å²) in [6, 6.07) is 10.0. The number of anilines is 3. The number of rotatable bonds is 5. The van der Waals surface area contributed by atoms with Gasteiger partial charge in [0, 0.05) is 42.3 Å². The van der Waals surface area contributed by atoms with Crippen molar-refractivity contribution >= 4 is 46.2 Å². The smallest absolute Gasteiger partial charge is 0.272 e. The van der Waals surface area contributed by atoms with E-state index in [1.54, 1.807) is 0 Å². The Labute approximate surface area is 212 Å². The summed E-state index contributed by atoms with van der Waals surface area (Å²) in [7, 11) is 0. The van der Waals surface area contributed by atoms with Crippen LogP contribution in [0.2, 0.25) is 10.0 Å². The maximum atomic E-state index is 13.6. The van der Waals surface area contributed by atoms with Gasteiger partial charge in [-0.2, -0.15) is 0 Å². The molecule has 0 saturated heterocycles. The van der Waals surface area contributed by atoms with Gasteiger partial charge < -0.3 is 26.7 Å². The Morgan fingerprint density at radius 3 is 1.67 bits per heavy atom. The fourth-order valence-corrected chi connectivity index (χ4v) is 2.86. The maximum absolute atomic E-state index is 13.6. The quantitative estimate of drug-likeness (QED) is 0.158. The van der Waals surface area contributed by atoms with Crippen LogP contribution in [0.15, 0.2) is 60.9 Å². The molecule has 14 heteroatoms. The van der Waals surface area contributed by atoms with Crippen molar-refractivity contribution in [1.29, 1.82) is 0 Å². The van der Waals surface area contributed by atoms with Gasteiger partial charge in [0.1, 0.15) is 21.7 Å². The summed E-state index contributed by atoms with van der Waals surface area (Å²) in [5.41, 5.74) is 16.3. The molecular weight excluding hydrogens is 521 g/mol. The number of nitrogen functional groups attached to an aromatic ring is 3. The Kier molecular flexibility index (Phi) is 8.25. The highest BCUT2D eigenvalue weighted by atomic mass is 35.5. The highest BCUT2D eigenvalue weighted by Gasteiger charge is 2.14. The third-order valence-electron chi connectivity index (χ3n) is 4.28. The lowest BCUT2D eigenvalue weighted by Crippen LogP contribution is -1.95. The zero-order valence-electron chi connectivity index (χ0n) is 18.0. The minimum Gasteiger partial charge on any atom is -0.453 e. The molecule has 0 spiro atoms. The van der Waals surface area contributed by atoms with Crippen LogP contribution in [-0.2, 0) is 0 Å². The topological polar surface area (TPSA) is 165 Å². The predicted molar refractivity (Wildman–Crippen MR) is 131 cm³/mol. The first-order valence-corrected chi connectivity index (χ1v) is 10.5. The monoisotopic (exact) mass is 536 g/mol. The van der Waals surface area contributed by atoms with Crippen molar-refractivity contribution in [1.82, 2.24) is 9.97 Å². The molecule has 0 bridgehead atoms. The zero-order valence-corrected chi connectivity index (χ0v) is 19.5. The lowest BCUT2D eigenvalue weighted by atomic mass is 10.3. The van der Waals surface area contributed by atoms with Gasteiger partial charge in [-0.3, -0.25) is 10.1 Å². The van der Waals surface area contributed by atoms with Gasteiger partial charge in [-0.05, 0) is 18.2 Å². The molecule has 0 amide bonds. The van der Waals surface area contributed by atoms with Crippen LogP contribution in [0.1, 0.15) is 0 Å². The van der Waals surface area contributed by atoms with Gasteiger partial charge in [0.05, 0.1) is 11.0 Å². The number of nitro groups is 1. The highest BCUT2D eigenvalue weighted by molar-refractivity contribution is 6.34. The summed E-state index contributed by atoms with van der Waals surface area (Å²) in [6.07, 6.45) is 2.77. The van der Waals surface area contributed by atoms with E-state index in [0.29, 0.717) is 5.69 Å². The Morgan fingerprint density at radius 1 is 0.750 bits per heavy atom. The number of hydrogen-bond donors (Lipinski definition) is 3. The van der Waals surface area contributed by atoms with E-state index in [4.69, 9.17) is 49.9 Å². The van der Waals surface area contributed by atoms with Crippen LogP contribution in [0, 0.1) is 21.7 Å². The number of halogens is 4. The molecule has 6 N–H and O–H groups in total. The largest absolute Gasteiger partial charge is 0.453 e. The van der Waals surface area contributed by atoms with E-state index in [0.717, 1.165) is 24.3 Å². The number of aromatic nitrogens is 2. The Hall–Kier alpha value is -4.42. The van der Waals surface area contributed by atoms with Gasteiger partial charge >= 0.3 is 0 Å². The summed E-state index contributed by atoms with van der Waals surface area (Å²) in [5.74, 6) is -1.10. The molecule has 0 aliphatic rings. The first-order chi connectivity index (χ1) is 17.1. The maximum Gasteiger partial charge on any atom is 0.272 e. The zero-order chi connectivity index (χ0) is 26.4. The van der Waals surface area contributed by atoms with Crippen molar-refractivity contribution in [3.05, 3.63) is 92.7 Å². The molecule has 36 heavy (non-hydrogen) atoms. The van der Waals surface area contributed by atoms with Gasteiger partial charge in [0.2, 0.25) is 0 Å². The fourth-order valence-electron chi connectivity index (χ4n) is 2.56. The van der Waals surface area contributed by atoms with Crippen molar-refractivity contribution in [2.75, 3.05) is 17.2 Å². The number of non-ortho nitro benzene ring substituents is 1.